The molecule has 0 aliphatic carbocycles. The van der Waals surface area contributed by atoms with E-state index in [2.05, 4.69) is 58.0 Å². The summed E-state index contributed by atoms with van der Waals surface area (Å²) in [5.74, 6) is -1.51. The molecule has 63 heavy (non-hydrogen) atoms. The third-order valence-electron chi connectivity index (χ3n) is 11.4. The fourth-order valence-corrected chi connectivity index (χ4v) is 8.27. The van der Waals surface area contributed by atoms with Crippen LogP contribution in [-0.2, 0) is 55.0 Å². The van der Waals surface area contributed by atoms with Gasteiger partial charge in [-0.3, -0.25) is 23.6 Å². The van der Waals surface area contributed by atoms with E-state index >= 15 is 0 Å². The van der Waals surface area contributed by atoms with Gasteiger partial charge in [-0.1, -0.05) is 157 Å². The van der Waals surface area contributed by atoms with Gasteiger partial charge in [0.1, 0.15) is 24.4 Å². The fraction of sp³-hybridized carbons (Fsp3) is 0.688. The van der Waals surface area contributed by atoms with Gasteiger partial charge in [-0.2, -0.15) is 0 Å². The minimum Gasteiger partial charge on any atom is -0.691 e. The number of amides is 1. The summed E-state index contributed by atoms with van der Waals surface area (Å²) in [5.41, 5.74) is 2.67. The van der Waals surface area contributed by atoms with Crippen molar-refractivity contribution in [3.05, 3.63) is 71.8 Å². The van der Waals surface area contributed by atoms with Crippen LogP contribution in [0.2, 0.25) is 0 Å². The predicted molar refractivity (Wildman–Crippen MR) is 236 cm³/mol. The van der Waals surface area contributed by atoms with Crippen LogP contribution < -0.4 is 40.1 Å². The molecule has 2 aromatic rings. The van der Waals surface area contributed by atoms with Crippen LogP contribution in [0.1, 0.15) is 166 Å². The second kappa shape index (κ2) is 37.1. The minimum atomic E-state index is -1.70. The van der Waals surface area contributed by atoms with Gasteiger partial charge in [0.05, 0.1) is 13.0 Å². The summed E-state index contributed by atoms with van der Waals surface area (Å²) < 4.78 is 27.1. The van der Waals surface area contributed by atoms with Crippen molar-refractivity contribution in [2.24, 2.45) is 0 Å². The number of carbonyl (C=O) groups is 3. The molecule has 1 aliphatic rings. The molecule has 13 nitrogen and oxygen atoms in total. The van der Waals surface area contributed by atoms with Gasteiger partial charge in [0.25, 0.3) is 0 Å². The number of ether oxygens (including phenoxy) is 3. The topological polar surface area (TPSA) is 182 Å². The van der Waals surface area contributed by atoms with Gasteiger partial charge in [-0.25, -0.2) is 0 Å². The number of hydrogen-bond acceptors (Lipinski definition) is 13. The quantitative estimate of drug-likeness (QED) is 0.0191. The first-order valence-corrected chi connectivity index (χ1v) is 24.0. The van der Waals surface area contributed by atoms with Crippen LogP contribution in [0.25, 0.3) is 0 Å². The molecule has 0 spiro atoms. The molecule has 15 heteroatoms. The van der Waals surface area contributed by atoms with Crippen LogP contribution >= 0.6 is 12.3 Å². The Bertz CT molecular complexity index is 1450. The molecule has 1 aliphatic heterocycles. The molecular formula is C48H74NNaO12S. The maximum atomic E-state index is 13.7. The van der Waals surface area contributed by atoms with Crippen molar-refractivity contribution in [2.75, 3.05) is 6.61 Å². The number of rotatable bonds is 36. The van der Waals surface area contributed by atoms with Crippen LogP contribution in [0.15, 0.2) is 60.7 Å². The number of aliphatic hydroxyl groups excluding tert-OH is 2. The Labute approximate surface area is 403 Å². The van der Waals surface area contributed by atoms with Crippen LogP contribution in [0.4, 0.5) is 0 Å². The summed E-state index contributed by atoms with van der Waals surface area (Å²) in [6.45, 7) is 1.53. The average Bonchev–Trinajstić information content (AvgIpc) is 3.27. The summed E-state index contributed by atoms with van der Waals surface area (Å²) in [5, 5.41) is 37.8. The molecule has 1 unspecified atom stereocenters. The van der Waals surface area contributed by atoms with Crippen LogP contribution in [0, 0.1) is 0 Å². The van der Waals surface area contributed by atoms with Crippen molar-refractivity contribution in [1.82, 2.24) is 5.32 Å². The van der Waals surface area contributed by atoms with Gasteiger partial charge in [0, 0.05) is 12.8 Å². The molecule has 1 fully saturated rings. The van der Waals surface area contributed by atoms with Crippen molar-refractivity contribution in [1.29, 1.82) is 0 Å². The second-order valence-corrected chi connectivity index (χ2v) is 17.0. The zero-order valence-corrected chi connectivity index (χ0v) is 40.8. The SMILES string of the molecule is CCCCCCCCC[C@@H](CC(=O)N[C@H]1C(O)O[C@H](CO)[C@@H](OSOO[O-])[C@@H]1OC(=O)CCCCCCCCc1ccccc1)OC(=O)CCCCCCCCc1ccccc1.[Na+]. The first-order valence-electron chi connectivity index (χ1n) is 23.3. The molecule has 3 N–H and O–H groups in total. The molecule has 1 saturated heterocycles. The summed E-state index contributed by atoms with van der Waals surface area (Å²) >= 11 is 0.139. The van der Waals surface area contributed by atoms with Crippen molar-refractivity contribution in [3.63, 3.8) is 0 Å². The Balaban J connectivity index is 0.0000137. The van der Waals surface area contributed by atoms with Gasteiger partial charge >= 0.3 is 41.5 Å². The van der Waals surface area contributed by atoms with Gasteiger partial charge in [0.2, 0.25) is 5.91 Å². The van der Waals surface area contributed by atoms with E-state index in [9.17, 15) is 29.9 Å². The Morgan fingerprint density at radius 2 is 1.22 bits per heavy atom. The molecule has 3 rings (SSSR count). The largest absolute Gasteiger partial charge is 1.00 e. The normalized spacial score (nSPS) is 18.9. The summed E-state index contributed by atoms with van der Waals surface area (Å²) in [6, 6.07) is 19.5. The zero-order chi connectivity index (χ0) is 44.5. The van der Waals surface area contributed by atoms with Crippen LogP contribution in [-0.4, -0.2) is 71.4 Å². The molecule has 2 aromatic carbocycles. The summed E-state index contributed by atoms with van der Waals surface area (Å²) in [4.78, 5) is 40.0. The Kier molecular flexibility index (Phi) is 33.6. The van der Waals surface area contributed by atoms with Crippen molar-refractivity contribution in [2.45, 2.75) is 204 Å². The van der Waals surface area contributed by atoms with Crippen molar-refractivity contribution < 1.29 is 87.2 Å². The minimum absolute atomic E-state index is 0. The van der Waals surface area contributed by atoms with E-state index in [1.807, 2.05) is 24.3 Å². The number of esters is 2. The van der Waals surface area contributed by atoms with Crippen LogP contribution in [0.5, 0.6) is 0 Å². The van der Waals surface area contributed by atoms with Crippen molar-refractivity contribution in [3.8, 4) is 0 Å². The molecule has 0 bridgehead atoms. The number of carbonyl (C=O) groups excluding carboxylic acids is 3. The number of aliphatic hydroxyl groups is 2. The van der Waals surface area contributed by atoms with Gasteiger partial charge in [0.15, 0.2) is 24.7 Å². The number of aryl methyl sites for hydroxylation is 2. The Hall–Kier alpha value is -2.08. The maximum Gasteiger partial charge on any atom is 1.00 e. The predicted octanol–water partition coefficient (Wildman–Crippen LogP) is 5.66. The average molecular weight is 912 g/mol. The number of nitrogens with one attached hydrogen (secondary N) is 1. The maximum absolute atomic E-state index is 13.7. The van der Waals surface area contributed by atoms with E-state index in [1.165, 1.54) is 24.0 Å². The van der Waals surface area contributed by atoms with E-state index < -0.39 is 55.2 Å². The van der Waals surface area contributed by atoms with Crippen LogP contribution in [0.3, 0.4) is 0 Å². The first-order chi connectivity index (χ1) is 30.3. The van der Waals surface area contributed by atoms with E-state index in [0.717, 1.165) is 109 Å². The molecule has 350 valence electrons. The molecular weight excluding hydrogens is 838 g/mol. The van der Waals surface area contributed by atoms with Crippen molar-refractivity contribution >= 4 is 30.2 Å². The van der Waals surface area contributed by atoms with E-state index in [4.69, 9.17) is 18.4 Å². The van der Waals surface area contributed by atoms with Gasteiger partial charge < -0.3 is 35.0 Å². The number of benzene rings is 2. The fourth-order valence-electron chi connectivity index (χ4n) is 7.89. The molecule has 0 aromatic heterocycles. The van der Waals surface area contributed by atoms with E-state index in [-0.39, 0.29) is 67.1 Å². The monoisotopic (exact) mass is 911 g/mol. The standard InChI is InChI=1S/C48H75NO12S.Na/c1-2-3-4-5-6-13-24-33-40(56-43(52)34-25-14-9-7-11-18-27-38-29-20-16-21-30-38)36-42(51)49-45-47(46(59-62-61-60-55)41(37-50)57-48(45)54)58-44(53)35-26-15-10-8-12-19-28-39-31-22-17-23-32-39;/h16-17,20-23,29-32,40-41,45-48,50,54-55H,2-15,18-19,24-28,33-37H2,1H3,(H,49,51);/q;+1/p-1/t40-,41+,45+,46+,47+,48?;/m0./s1. The number of hydrogen-bond donors (Lipinski definition) is 3. The van der Waals surface area contributed by atoms with Gasteiger partial charge in [-0.05, 0) is 62.5 Å². The summed E-state index contributed by atoms with van der Waals surface area (Å²) in [7, 11) is 0. The zero-order valence-electron chi connectivity index (χ0n) is 38.0. The summed E-state index contributed by atoms with van der Waals surface area (Å²) in [6.07, 6.45) is 15.5. The second-order valence-electron chi connectivity index (χ2n) is 16.5. The third kappa shape index (κ3) is 26.0. The molecule has 6 atom stereocenters. The third-order valence-corrected chi connectivity index (χ3v) is 11.8. The number of unbranched alkanes of at least 4 members (excludes halogenated alkanes) is 16. The molecule has 0 radical (unpaired) electrons. The van der Waals surface area contributed by atoms with Gasteiger partial charge in [-0.15, -0.1) is 4.33 Å². The smallest absolute Gasteiger partial charge is 0.691 e. The van der Waals surface area contributed by atoms with E-state index in [1.54, 1.807) is 0 Å². The Morgan fingerprint density at radius 3 is 1.76 bits per heavy atom. The molecule has 1 amide bonds. The molecule has 0 saturated carbocycles. The first kappa shape index (κ1) is 57.0. The Morgan fingerprint density at radius 1 is 0.714 bits per heavy atom. The van der Waals surface area contributed by atoms with E-state index in [0.29, 0.717) is 19.3 Å². The molecule has 1 heterocycles.